The first-order valence-corrected chi connectivity index (χ1v) is 9.10. The van der Waals surface area contributed by atoms with E-state index in [-0.39, 0.29) is 0 Å². The van der Waals surface area contributed by atoms with Crippen molar-refractivity contribution in [3.63, 3.8) is 0 Å². The van der Waals surface area contributed by atoms with E-state index in [4.69, 9.17) is 0 Å². The van der Waals surface area contributed by atoms with Crippen LogP contribution in [0.1, 0.15) is 65.7 Å². The Labute approximate surface area is 126 Å². The summed E-state index contributed by atoms with van der Waals surface area (Å²) in [5, 5.41) is 3.66. The largest absolute Gasteiger partial charge is 0.316 e. The van der Waals surface area contributed by atoms with Gasteiger partial charge in [0.25, 0.3) is 0 Å². The zero-order valence-corrected chi connectivity index (χ0v) is 14.1. The maximum Gasteiger partial charge on any atom is 0.00503 e. The van der Waals surface area contributed by atoms with E-state index in [0.29, 0.717) is 5.41 Å². The molecule has 2 aliphatic carbocycles. The predicted octanol–water partition coefficient (Wildman–Crippen LogP) is 3.91. The van der Waals surface area contributed by atoms with Crippen LogP contribution in [0, 0.1) is 17.3 Å². The average molecular weight is 280 g/mol. The van der Waals surface area contributed by atoms with Gasteiger partial charge in [0.2, 0.25) is 0 Å². The Balaban J connectivity index is 1.92. The first-order chi connectivity index (χ1) is 9.67. The van der Waals surface area contributed by atoms with Gasteiger partial charge < -0.3 is 10.2 Å². The summed E-state index contributed by atoms with van der Waals surface area (Å²) in [5.41, 5.74) is 0.562. The van der Waals surface area contributed by atoms with Crippen molar-refractivity contribution in [2.75, 3.05) is 32.7 Å². The average Bonchev–Trinajstić information content (AvgIpc) is 3.24. The van der Waals surface area contributed by atoms with Crippen LogP contribution in [-0.4, -0.2) is 37.6 Å². The lowest BCUT2D eigenvalue weighted by Gasteiger charge is -2.43. The van der Waals surface area contributed by atoms with Gasteiger partial charge in [-0.15, -0.1) is 0 Å². The van der Waals surface area contributed by atoms with Crippen molar-refractivity contribution in [2.24, 2.45) is 17.3 Å². The van der Waals surface area contributed by atoms with E-state index >= 15 is 0 Å². The van der Waals surface area contributed by atoms with Gasteiger partial charge in [0.15, 0.2) is 0 Å². The lowest BCUT2D eigenvalue weighted by molar-refractivity contribution is 0.0841. The fraction of sp³-hybridized carbons (Fsp3) is 1.00. The van der Waals surface area contributed by atoms with Gasteiger partial charge in [-0.25, -0.2) is 0 Å². The zero-order chi connectivity index (χ0) is 14.4. The normalized spacial score (nSPS) is 30.9. The number of hydrogen-bond donors (Lipinski definition) is 1. The molecule has 0 heterocycles. The second-order valence-electron chi connectivity index (χ2n) is 7.64. The molecule has 0 unspecified atom stereocenters. The summed E-state index contributed by atoms with van der Waals surface area (Å²) >= 11 is 0. The molecule has 2 rings (SSSR count). The minimum Gasteiger partial charge on any atom is -0.316 e. The third-order valence-corrected chi connectivity index (χ3v) is 5.40. The predicted molar refractivity (Wildman–Crippen MR) is 88.1 cm³/mol. The van der Waals surface area contributed by atoms with E-state index in [9.17, 15) is 0 Å². The molecule has 2 saturated carbocycles. The van der Waals surface area contributed by atoms with Gasteiger partial charge in [0.05, 0.1) is 0 Å². The van der Waals surface area contributed by atoms with Crippen LogP contribution in [0.5, 0.6) is 0 Å². The summed E-state index contributed by atoms with van der Waals surface area (Å²) < 4.78 is 0. The highest BCUT2D eigenvalue weighted by Crippen LogP contribution is 2.40. The molecule has 0 aromatic heterocycles. The molecule has 20 heavy (non-hydrogen) atoms. The van der Waals surface area contributed by atoms with Crippen molar-refractivity contribution < 1.29 is 0 Å². The Morgan fingerprint density at radius 2 is 1.80 bits per heavy atom. The van der Waals surface area contributed by atoms with Crippen molar-refractivity contribution in [3.05, 3.63) is 0 Å². The molecule has 0 aromatic carbocycles. The van der Waals surface area contributed by atoms with Crippen molar-refractivity contribution >= 4 is 0 Å². The van der Waals surface area contributed by atoms with Crippen molar-refractivity contribution in [2.45, 2.75) is 65.7 Å². The van der Waals surface area contributed by atoms with E-state index in [1.807, 2.05) is 0 Å². The van der Waals surface area contributed by atoms with Gasteiger partial charge in [-0.1, -0.05) is 33.6 Å². The Morgan fingerprint density at radius 3 is 2.35 bits per heavy atom. The highest BCUT2D eigenvalue weighted by molar-refractivity contribution is 4.90. The summed E-state index contributed by atoms with van der Waals surface area (Å²) in [6.07, 6.45) is 10.0. The number of nitrogens with one attached hydrogen (secondary N) is 1. The van der Waals surface area contributed by atoms with Crippen LogP contribution in [0.3, 0.4) is 0 Å². The molecule has 2 heteroatoms. The molecule has 0 atom stereocenters. The van der Waals surface area contributed by atoms with Crippen LogP contribution < -0.4 is 5.32 Å². The van der Waals surface area contributed by atoms with Crippen LogP contribution in [0.25, 0.3) is 0 Å². The topological polar surface area (TPSA) is 15.3 Å². The molecule has 118 valence electrons. The fourth-order valence-corrected chi connectivity index (χ4v) is 3.85. The monoisotopic (exact) mass is 280 g/mol. The molecule has 2 aliphatic rings. The van der Waals surface area contributed by atoms with Gasteiger partial charge in [-0.2, -0.15) is 0 Å². The van der Waals surface area contributed by atoms with Crippen molar-refractivity contribution in [1.29, 1.82) is 0 Å². The van der Waals surface area contributed by atoms with E-state index in [1.54, 1.807) is 0 Å². The minimum atomic E-state index is 0.562. The highest BCUT2D eigenvalue weighted by atomic mass is 15.1. The van der Waals surface area contributed by atoms with Crippen molar-refractivity contribution in [3.8, 4) is 0 Å². The molecule has 0 aromatic rings. The van der Waals surface area contributed by atoms with E-state index in [1.165, 1.54) is 71.1 Å². The molecule has 1 N–H and O–H groups in total. The van der Waals surface area contributed by atoms with Crippen LogP contribution in [0.2, 0.25) is 0 Å². The molecule has 0 bridgehead atoms. The second-order valence-corrected chi connectivity index (χ2v) is 7.64. The Hall–Kier alpha value is -0.0800. The molecular weight excluding hydrogens is 244 g/mol. The smallest absolute Gasteiger partial charge is 0.00503 e. The van der Waals surface area contributed by atoms with Crippen molar-refractivity contribution in [1.82, 2.24) is 10.2 Å². The van der Waals surface area contributed by atoms with E-state index in [2.05, 4.69) is 31.0 Å². The Bertz CT molecular complexity index is 259. The lowest BCUT2D eigenvalue weighted by Crippen LogP contribution is -2.47. The molecule has 0 spiro atoms. The van der Waals surface area contributed by atoms with Crippen LogP contribution in [0.4, 0.5) is 0 Å². The molecule has 0 saturated heterocycles. The van der Waals surface area contributed by atoms with Crippen LogP contribution >= 0.6 is 0 Å². The lowest BCUT2D eigenvalue weighted by atomic mass is 9.70. The Morgan fingerprint density at radius 1 is 1.10 bits per heavy atom. The number of nitrogens with zero attached hydrogens (tertiary/aromatic N) is 1. The zero-order valence-electron chi connectivity index (χ0n) is 14.1. The van der Waals surface area contributed by atoms with Gasteiger partial charge >= 0.3 is 0 Å². The summed E-state index contributed by atoms with van der Waals surface area (Å²) in [5.74, 6) is 1.98. The van der Waals surface area contributed by atoms with Gasteiger partial charge in [-0.05, 0) is 62.4 Å². The standard InChI is InChI=1S/C18H36N2/c1-4-12-20(13-17-6-7-17)15-18(14-19-5-2)10-8-16(3)9-11-18/h16-17,19H,4-15H2,1-3H3. The van der Waals surface area contributed by atoms with E-state index in [0.717, 1.165) is 18.4 Å². The summed E-state index contributed by atoms with van der Waals surface area (Å²) in [6, 6.07) is 0. The van der Waals surface area contributed by atoms with Gasteiger partial charge in [0.1, 0.15) is 0 Å². The molecule has 0 amide bonds. The van der Waals surface area contributed by atoms with Crippen LogP contribution in [0.15, 0.2) is 0 Å². The minimum absolute atomic E-state index is 0.562. The third kappa shape index (κ3) is 5.04. The summed E-state index contributed by atoms with van der Waals surface area (Å²) in [4.78, 5) is 2.80. The molecule has 0 aliphatic heterocycles. The molecule has 2 fully saturated rings. The first kappa shape index (κ1) is 16.3. The molecular formula is C18H36N2. The Kier molecular flexibility index (Phi) is 6.35. The van der Waals surface area contributed by atoms with Crippen LogP contribution in [-0.2, 0) is 0 Å². The maximum absolute atomic E-state index is 3.66. The fourth-order valence-electron chi connectivity index (χ4n) is 3.85. The molecule has 0 radical (unpaired) electrons. The summed E-state index contributed by atoms with van der Waals surface area (Å²) in [7, 11) is 0. The number of hydrogen-bond acceptors (Lipinski definition) is 2. The molecule has 2 nitrogen and oxygen atoms in total. The second kappa shape index (κ2) is 7.79. The first-order valence-electron chi connectivity index (χ1n) is 9.10. The van der Waals surface area contributed by atoms with Gasteiger partial charge in [0, 0.05) is 19.6 Å². The third-order valence-electron chi connectivity index (χ3n) is 5.40. The number of rotatable bonds is 9. The highest BCUT2D eigenvalue weighted by Gasteiger charge is 2.36. The SMILES string of the molecule is CCCN(CC1CC1)CC1(CNCC)CCC(C)CC1. The maximum atomic E-state index is 3.66. The summed E-state index contributed by atoms with van der Waals surface area (Å²) in [6.45, 7) is 13.4. The quantitative estimate of drug-likeness (QED) is 0.689. The van der Waals surface area contributed by atoms with Gasteiger partial charge in [-0.3, -0.25) is 0 Å². The van der Waals surface area contributed by atoms with E-state index < -0.39 is 0 Å².